The molecule has 2 aromatic carbocycles. The third-order valence-electron chi connectivity index (χ3n) is 5.64. The normalized spacial score (nSPS) is 14.2. The summed E-state index contributed by atoms with van der Waals surface area (Å²) in [6.45, 7) is 4.51. The van der Waals surface area contributed by atoms with Crippen molar-refractivity contribution in [2.75, 3.05) is 20.6 Å². The zero-order chi connectivity index (χ0) is 21.4. The van der Waals surface area contributed by atoms with Gasteiger partial charge in [0.2, 0.25) is 0 Å². The van der Waals surface area contributed by atoms with Gasteiger partial charge in [-0.15, -0.1) is 0 Å². The van der Waals surface area contributed by atoms with E-state index in [2.05, 4.69) is 34.2 Å². The van der Waals surface area contributed by atoms with Crippen LogP contribution < -0.4 is 5.56 Å². The zero-order valence-electron chi connectivity index (χ0n) is 17.9. The number of benzene rings is 2. The van der Waals surface area contributed by atoms with Crippen LogP contribution in [-0.2, 0) is 11.2 Å². The van der Waals surface area contributed by atoms with Crippen LogP contribution in [0.25, 0.3) is 22.6 Å². The molecular formula is C26H26N2O2. The van der Waals surface area contributed by atoms with E-state index in [1.165, 1.54) is 0 Å². The molecule has 0 spiro atoms. The van der Waals surface area contributed by atoms with Crippen LogP contribution in [0.4, 0.5) is 0 Å². The predicted octanol–water partition coefficient (Wildman–Crippen LogP) is 4.36. The number of H-pyrrole nitrogens is 1. The SMILES string of the molecule is CC1=Cc2c(cccc2/C(=C\CN(C)C)c2ccc3[nH]c(=O)c(C)cc3c2)CC1=O. The first kappa shape index (κ1) is 20.0. The van der Waals surface area contributed by atoms with E-state index in [1.807, 2.05) is 58.3 Å². The quantitative estimate of drug-likeness (QED) is 0.711. The van der Waals surface area contributed by atoms with E-state index in [1.54, 1.807) is 0 Å². The van der Waals surface area contributed by atoms with E-state index in [-0.39, 0.29) is 11.3 Å². The number of carbonyl (C=O) groups is 1. The minimum Gasteiger partial charge on any atom is -0.322 e. The van der Waals surface area contributed by atoms with Crippen LogP contribution in [0.5, 0.6) is 0 Å². The van der Waals surface area contributed by atoms with E-state index in [0.29, 0.717) is 12.0 Å². The molecule has 0 aliphatic heterocycles. The van der Waals surface area contributed by atoms with Crippen LogP contribution in [0.3, 0.4) is 0 Å². The van der Waals surface area contributed by atoms with Crippen molar-refractivity contribution in [3.05, 3.63) is 92.3 Å². The molecule has 4 nitrogen and oxygen atoms in total. The molecule has 30 heavy (non-hydrogen) atoms. The highest BCUT2D eigenvalue weighted by Crippen LogP contribution is 2.33. The van der Waals surface area contributed by atoms with Gasteiger partial charge in [0.05, 0.1) is 0 Å². The lowest BCUT2D eigenvalue weighted by Gasteiger charge is -2.20. The monoisotopic (exact) mass is 398 g/mol. The molecule has 0 saturated carbocycles. The molecule has 4 heteroatoms. The third kappa shape index (κ3) is 3.79. The summed E-state index contributed by atoms with van der Waals surface area (Å²) in [5.74, 6) is 0.184. The number of hydrogen-bond donors (Lipinski definition) is 1. The van der Waals surface area contributed by atoms with Crippen molar-refractivity contribution in [3.63, 3.8) is 0 Å². The third-order valence-corrected chi connectivity index (χ3v) is 5.64. The molecule has 0 atom stereocenters. The fraction of sp³-hybridized carbons (Fsp3) is 0.231. The average molecular weight is 399 g/mol. The molecule has 0 radical (unpaired) electrons. The van der Waals surface area contributed by atoms with Gasteiger partial charge in [0.15, 0.2) is 5.78 Å². The Kier molecular flexibility index (Phi) is 5.27. The largest absolute Gasteiger partial charge is 0.322 e. The molecule has 3 aromatic rings. The number of likely N-dealkylation sites (N-methyl/N-ethyl adjacent to an activating group) is 1. The number of Topliss-reactive ketones (excluding diaryl/α,β-unsaturated/α-hetero) is 1. The Morgan fingerprint density at radius 3 is 2.67 bits per heavy atom. The maximum absolute atomic E-state index is 12.2. The first-order valence-electron chi connectivity index (χ1n) is 10.2. The number of aromatic amines is 1. The number of pyridine rings is 1. The fourth-order valence-corrected chi connectivity index (χ4v) is 3.92. The smallest absolute Gasteiger partial charge is 0.251 e. The number of aryl methyl sites for hydroxylation is 1. The maximum atomic E-state index is 12.2. The lowest BCUT2D eigenvalue weighted by atomic mass is 9.84. The average Bonchev–Trinajstić information content (AvgIpc) is 2.70. The summed E-state index contributed by atoms with van der Waals surface area (Å²) in [6.07, 6.45) is 4.70. The van der Waals surface area contributed by atoms with Gasteiger partial charge in [-0.05, 0) is 91.0 Å². The van der Waals surface area contributed by atoms with E-state index in [9.17, 15) is 9.59 Å². The summed E-state index contributed by atoms with van der Waals surface area (Å²) in [4.78, 5) is 29.2. The maximum Gasteiger partial charge on any atom is 0.251 e. The van der Waals surface area contributed by atoms with E-state index >= 15 is 0 Å². The molecule has 0 fully saturated rings. The molecule has 1 N–H and O–H groups in total. The summed E-state index contributed by atoms with van der Waals surface area (Å²) in [7, 11) is 4.09. The Bertz CT molecular complexity index is 1280. The molecular weight excluding hydrogens is 372 g/mol. The molecule has 0 bridgehead atoms. The number of rotatable bonds is 4. The van der Waals surface area contributed by atoms with Crippen LogP contribution in [-0.4, -0.2) is 36.3 Å². The van der Waals surface area contributed by atoms with Crippen molar-refractivity contribution in [1.29, 1.82) is 0 Å². The highest BCUT2D eigenvalue weighted by molar-refractivity contribution is 6.04. The Balaban J connectivity index is 1.92. The Hall–Kier alpha value is -3.24. The van der Waals surface area contributed by atoms with Gasteiger partial charge in [0.25, 0.3) is 5.56 Å². The minimum absolute atomic E-state index is 0.0546. The predicted molar refractivity (Wildman–Crippen MR) is 124 cm³/mol. The summed E-state index contributed by atoms with van der Waals surface area (Å²) in [5, 5.41) is 1.01. The van der Waals surface area contributed by atoms with Crippen LogP contribution in [0.2, 0.25) is 0 Å². The molecule has 0 amide bonds. The highest BCUT2D eigenvalue weighted by atomic mass is 16.1. The van der Waals surface area contributed by atoms with Crippen LogP contribution in [0.15, 0.2) is 58.9 Å². The summed E-state index contributed by atoms with van der Waals surface area (Å²) in [6, 6.07) is 14.3. The lowest BCUT2D eigenvalue weighted by Crippen LogP contribution is -2.13. The molecule has 1 heterocycles. The topological polar surface area (TPSA) is 53.2 Å². The Morgan fingerprint density at radius 2 is 1.90 bits per heavy atom. The molecule has 1 aliphatic carbocycles. The number of nitrogens with one attached hydrogen (secondary N) is 1. The second-order valence-corrected chi connectivity index (χ2v) is 8.27. The number of allylic oxidation sites excluding steroid dienone is 1. The van der Waals surface area contributed by atoms with Gasteiger partial charge in [-0.2, -0.15) is 0 Å². The number of hydrogen-bond acceptors (Lipinski definition) is 3. The molecule has 1 aromatic heterocycles. The van der Waals surface area contributed by atoms with Gasteiger partial charge in [0.1, 0.15) is 0 Å². The fourth-order valence-electron chi connectivity index (χ4n) is 3.92. The minimum atomic E-state index is -0.0546. The van der Waals surface area contributed by atoms with Crippen molar-refractivity contribution >= 4 is 28.3 Å². The van der Waals surface area contributed by atoms with Gasteiger partial charge >= 0.3 is 0 Å². The van der Waals surface area contributed by atoms with Gasteiger partial charge in [0, 0.05) is 24.0 Å². The number of nitrogens with zero attached hydrogens (tertiary/aromatic N) is 1. The van der Waals surface area contributed by atoms with Gasteiger partial charge in [-0.25, -0.2) is 0 Å². The standard InChI is InChI=1S/C26H26N2O2/c1-16-13-23-18(15-25(16)29)6-5-7-22(23)21(10-11-28(3)4)19-8-9-24-20(14-19)12-17(2)26(30)27-24/h5-10,12-14H,11,15H2,1-4H3,(H,27,30)/b21-10-. The second-order valence-electron chi connectivity index (χ2n) is 8.27. The number of carbonyl (C=O) groups excluding carboxylic acids is 1. The Morgan fingerprint density at radius 1 is 1.10 bits per heavy atom. The molecule has 1 aliphatic rings. The highest BCUT2D eigenvalue weighted by Gasteiger charge is 2.20. The van der Waals surface area contributed by atoms with Gasteiger partial charge in [-0.3, -0.25) is 9.59 Å². The molecule has 0 saturated heterocycles. The van der Waals surface area contributed by atoms with E-state index in [4.69, 9.17) is 0 Å². The molecule has 4 rings (SSSR count). The van der Waals surface area contributed by atoms with Crippen LogP contribution in [0, 0.1) is 6.92 Å². The summed E-state index contributed by atoms with van der Waals surface area (Å²) >= 11 is 0. The van der Waals surface area contributed by atoms with Crippen molar-refractivity contribution < 1.29 is 4.79 Å². The number of fused-ring (bicyclic) bond motifs is 2. The van der Waals surface area contributed by atoms with Crippen molar-refractivity contribution in [2.24, 2.45) is 0 Å². The van der Waals surface area contributed by atoms with Crippen LogP contribution in [0.1, 0.15) is 34.7 Å². The number of aromatic nitrogens is 1. The van der Waals surface area contributed by atoms with Crippen LogP contribution >= 0.6 is 0 Å². The van der Waals surface area contributed by atoms with Gasteiger partial charge < -0.3 is 9.88 Å². The first-order chi connectivity index (χ1) is 14.3. The van der Waals surface area contributed by atoms with Crippen molar-refractivity contribution in [3.8, 4) is 0 Å². The van der Waals surface area contributed by atoms with Gasteiger partial charge in [-0.1, -0.05) is 30.3 Å². The van der Waals surface area contributed by atoms with E-state index < -0.39 is 0 Å². The van der Waals surface area contributed by atoms with E-state index in [0.717, 1.165) is 50.8 Å². The molecule has 0 unspecified atom stereocenters. The van der Waals surface area contributed by atoms with Crippen molar-refractivity contribution in [1.82, 2.24) is 9.88 Å². The van der Waals surface area contributed by atoms with Crippen molar-refractivity contribution in [2.45, 2.75) is 20.3 Å². The first-order valence-corrected chi connectivity index (χ1v) is 10.2. The lowest BCUT2D eigenvalue weighted by molar-refractivity contribution is -0.114. The Labute approximate surface area is 176 Å². The second kappa shape index (κ2) is 7.88. The molecule has 152 valence electrons. The summed E-state index contributed by atoms with van der Waals surface area (Å²) in [5.41, 5.74) is 7.82. The summed E-state index contributed by atoms with van der Waals surface area (Å²) < 4.78 is 0. The zero-order valence-corrected chi connectivity index (χ0v) is 17.9. The number of ketones is 1.